The van der Waals surface area contributed by atoms with Gasteiger partial charge < -0.3 is 10.6 Å². The first-order valence-corrected chi connectivity index (χ1v) is 11.5. The summed E-state index contributed by atoms with van der Waals surface area (Å²) in [7, 11) is 0. The second-order valence-electron chi connectivity index (χ2n) is 8.43. The van der Waals surface area contributed by atoms with E-state index in [1.54, 1.807) is 6.20 Å². The largest absolute Gasteiger partial charge is 0.381 e. The quantitative estimate of drug-likeness (QED) is 0.520. The van der Waals surface area contributed by atoms with E-state index in [2.05, 4.69) is 20.7 Å². The molecule has 0 spiro atoms. The van der Waals surface area contributed by atoms with Crippen molar-refractivity contribution < 1.29 is 4.79 Å². The molecule has 1 atom stereocenters. The highest BCUT2D eigenvalue weighted by Crippen LogP contribution is 2.30. The molecule has 1 amide bonds. The first-order valence-electron chi connectivity index (χ1n) is 11.2. The highest BCUT2D eigenvalue weighted by molar-refractivity contribution is 6.31. The van der Waals surface area contributed by atoms with Gasteiger partial charge in [-0.3, -0.25) is 4.79 Å². The lowest BCUT2D eigenvalue weighted by molar-refractivity contribution is 0.0940. The molecule has 0 saturated heterocycles. The fourth-order valence-electron chi connectivity index (χ4n) is 4.27. The molecule has 1 fully saturated rings. The molecular formula is C24H30ClN5O. The van der Waals surface area contributed by atoms with E-state index in [1.165, 1.54) is 19.3 Å². The summed E-state index contributed by atoms with van der Waals surface area (Å²) < 4.78 is 1.86. The van der Waals surface area contributed by atoms with Crippen LogP contribution in [-0.2, 0) is 6.54 Å². The molecule has 0 radical (unpaired) electrons. The Hall–Kier alpha value is -2.60. The Morgan fingerprint density at radius 2 is 2.03 bits per heavy atom. The minimum absolute atomic E-state index is 0.152. The number of nitrogens with one attached hydrogen (secondary N) is 2. The first kappa shape index (κ1) is 21.6. The predicted octanol–water partition coefficient (Wildman–Crippen LogP) is 5.65. The van der Waals surface area contributed by atoms with E-state index in [0.717, 1.165) is 47.2 Å². The second-order valence-corrected chi connectivity index (χ2v) is 8.83. The minimum Gasteiger partial charge on any atom is -0.381 e. The van der Waals surface area contributed by atoms with Crippen molar-refractivity contribution in [1.29, 1.82) is 0 Å². The zero-order chi connectivity index (χ0) is 22.0. The number of pyridine rings is 1. The summed E-state index contributed by atoms with van der Waals surface area (Å²) >= 11 is 6.28. The maximum absolute atomic E-state index is 13.3. The number of nitrogens with zero attached hydrogens (tertiary/aromatic N) is 3. The van der Waals surface area contributed by atoms with Crippen LogP contribution in [-0.4, -0.2) is 26.7 Å². The molecule has 1 aromatic carbocycles. The zero-order valence-electron chi connectivity index (χ0n) is 18.4. The van der Waals surface area contributed by atoms with Crippen LogP contribution in [0.1, 0.15) is 73.5 Å². The average molecular weight is 440 g/mol. The van der Waals surface area contributed by atoms with Crippen molar-refractivity contribution in [2.45, 2.75) is 71.5 Å². The smallest absolute Gasteiger partial charge is 0.255 e. The van der Waals surface area contributed by atoms with Gasteiger partial charge in [0.25, 0.3) is 5.91 Å². The van der Waals surface area contributed by atoms with Gasteiger partial charge in [0.2, 0.25) is 0 Å². The van der Waals surface area contributed by atoms with Crippen molar-refractivity contribution in [3.8, 4) is 0 Å². The van der Waals surface area contributed by atoms with Gasteiger partial charge in [-0.15, -0.1) is 0 Å². The third-order valence-corrected chi connectivity index (χ3v) is 6.61. The molecule has 31 heavy (non-hydrogen) atoms. The molecule has 6 nitrogen and oxygen atoms in total. The number of hydrogen-bond acceptors (Lipinski definition) is 4. The number of carbonyl (C=O) groups is 1. The monoisotopic (exact) mass is 439 g/mol. The van der Waals surface area contributed by atoms with Crippen LogP contribution in [0.2, 0.25) is 5.02 Å². The molecule has 2 aromatic heterocycles. The lowest BCUT2D eigenvalue weighted by atomic mass is 9.95. The van der Waals surface area contributed by atoms with Gasteiger partial charge in [-0.2, -0.15) is 5.10 Å². The number of amides is 1. The van der Waals surface area contributed by atoms with E-state index < -0.39 is 0 Å². The Labute approximate surface area is 188 Å². The Balaban J connectivity index is 1.65. The van der Waals surface area contributed by atoms with Gasteiger partial charge in [-0.1, -0.05) is 43.0 Å². The van der Waals surface area contributed by atoms with Crippen LogP contribution >= 0.6 is 11.6 Å². The highest BCUT2D eigenvalue weighted by Gasteiger charge is 2.23. The molecule has 1 saturated carbocycles. The maximum atomic E-state index is 13.3. The van der Waals surface area contributed by atoms with Crippen molar-refractivity contribution in [3.63, 3.8) is 0 Å². The van der Waals surface area contributed by atoms with Crippen molar-refractivity contribution in [2.75, 3.05) is 5.32 Å². The number of rotatable bonds is 6. The van der Waals surface area contributed by atoms with Crippen LogP contribution < -0.4 is 10.6 Å². The zero-order valence-corrected chi connectivity index (χ0v) is 19.2. The van der Waals surface area contributed by atoms with Crippen molar-refractivity contribution in [2.24, 2.45) is 0 Å². The van der Waals surface area contributed by atoms with Gasteiger partial charge >= 0.3 is 0 Å². The summed E-state index contributed by atoms with van der Waals surface area (Å²) in [6.07, 6.45) is 9.43. The lowest BCUT2D eigenvalue weighted by Crippen LogP contribution is -2.29. The molecule has 164 valence electrons. The van der Waals surface area contributed by atoms with Gasteiger partial charge in [0.15, 0.2) is 5.65 Å². The maximum Gasteiger partial charge on any atom is 0.255 e. The molecule has 2 N–H and O–H groups in total. The Bertz CT molecular complexity index is 1090. The second kappa shape index (κ2) is 9.27. The summed E-state index contributed by atoms with van der Waals surface area (Å²) in [5, 5.41) is 12.8. The number of aromatic nitrogens is 3. The number of hydrogen-bond donors (Lipinski definition) is 2. The number of fused-ring (bicyclic) bond motifs is 1. The molecule has 1 aliphatic carbocycles. The van der Waals surface area contributed by atoms with Crippen LogP contribution in [0.5, 0.6) is 0 Å². The van der Waals surface area contributed by atoms with Crippen molar-refractivity contribution >= 4 is 34.2 Å². The number of benzene rings is 1. The average Bonchev–Trinajstić information content (AvgIpc) is 3.20. The van der Waals surface area contributed by atoms with E-state index in [-0.39, 0.29) is 11.9 Å². The molecule has 7 heteroatoms. The van der Waals surface area contributed by atoms with E-state index in [1.807, 2.05) is 49.8 Å². The topological polar surface area (TPSA) is 71.8 Å². The SMILES string of the molecule is CCn1ncc2c(NC3CCCCC3)c(C(=O)NC(C)c3ccc(C)c(Cl)c3)cnc21. The van der Waals surface area contributed by atoms with Crippen molar-refractivity contribution in [3.05, 3.63) is 52.3 Å². The summed E-state index contributed by atoms with van der Waals surface area (Å²) in [6, 6.07) is 6.07. The Morgan fingerprint density at radius 3 is 2.74 bits per heavy atom. The standard InChI is InChI=1S/C24H30ClN5O/c1-4-30-23-19(14-27-30)22(29-18-8-6-5-7-9-18)20(13-26-23)24(31)28-16(3)17-11-10-15(2)21(25)12-17/h10-14,16,18H,4-9H2,1-3H3,(H,26,29)(H,28,31). The predicted molar refractivity (Wildman–Crippen MR) is 126 cm³/mol. The summed E-state index contributed by atoms with van der Waals surface area (Å²) in [6.45, 7) is 6.71. The number of halogens is 1. The number of anilines is 1. The van der Waals surface area contributed by atoms with E-state index >= 15 is 0 Å². The molecule has 4 rings (SSSR count). The summed E-state index contributed by atoms with van der Waals surface area (Å²) in [5.41, 5.74) is 4.18. The van der Waals surface area contributed by atoms with Crippen molar-refractivity contribution in [1.82, 2.24) is 20.1 Å². The summed E-state index contributed by atoms with van der Waals surface area (Å²) in [4.78, 5) is 17.9. The molecule has 2 heterocycles. The van der Waals surface area contributed by atoms with Crippen LogP contribution in [0.15, 0.2) is 30.6 Å². The van der Waals surface area contributed by atoms with E-state index in [4.69, 9.17) is 11.6 Å². The first-order chi connectivity index (χ1) is 15.0. The molecule has 0 bridgehead atoms. The van der Waals surface area contributed by atoms with Crippen LogP contribution in [0.3, 0.4) is 0 Å². The number of carbonyl (C=O) groups excluding carboxylic acids is 1. The molecule has 0 aliphatic heterocycles. The van der Waals surface area contributed by atoms with Crippen LogP contribution in [0, 0.1) is 6.92 Å². The third-order valence-electron chi connectivity index (χ3n) is 6.21. The molecule has 1 unspecified atom stereocenters. The van der Waals surface area contributed by atoms with E-state index in [0.29, 0.717) is 16.6 Å². The summed E-state index contributed by atoms with van der Waals surface area (Å²) in [5.74, 6) is -0.152. The normalized spacial score (nSPS) is 15.7. The fraction of sp³-hybridized carbons (Fsp3) is 0.458. The highest BCUT2D eigenvalue weighted by atomic mass is 35.5. The minimum atomic E-state index is -0.179. The molecular weight excluding hydrogens is 410 g/mol. The van der Waals surface area contributed by atoms with E-state index in [9.17, 15) is 4.79 Å². The van der Waals surface area contributed by atoms with Crippen LogP contribution in [0.4, 0.5) is 5.69 Å². The van der Waals surface area contributed by atoms with Gasteiger partial charge in [-0.05, 0) is 50.8 Å². The molecule has 1 aliphatic rings. The Morgan fingerprint density at radius 1 is 1.26 bits per heavy atom. The number of aryl methyl sites for hydroxylation is 2. The van der Waals surface area contributed by atoms with Gasteiger partial charge in [-0.25, -0.2) is 9.67 Å². The molecule has 3 aromatic rings. The van der Waals surface area contributed by atoms with Gasteiger partial charge in [0, 0.05) is 23.8 Å². The third kappa shape index (κ3) is 4.54. The van der Waals surface area contributed by atoms with Crippen LogP contribution in [0.25, 0.3) is 11.0 Å². The fourth-order valence-corrected chi connectivity index (χ4v) is 4.46. The van der Waals surface area contributed by atoms with Gasteiger partial charge in [0.1, 0.15) is 0 Å². The lowest BCUT2D eigenvalue weighted by Gasteiger charge is -2.25. The Kier molecular flexibility index (Phi) is 6.46. The van der Waals surface area contributed by atoms with Gasteiger partial charge in [0.05, 0.1) is 28.9 Å².